The third kappa shape index (κ3) is 3.57. The number of rotatable bonds is 4. The van der Waals surface area contributed by atoms with Gasteiger partial charge < -0.3 is 14.1 Å². The van der Waals surface area contributed by atoms with Crippen molar-refractivity contribution in [3.8, 4) is 0 Å². The molecule has 1 saturated heterocycles. The van der Waals surface area contributed by atoms with E-state index in [1.165, 1.54) is 5.56 Å². The van der Waals surface area contributed by atoms with E-state index >= 15 is 0 Å². The maximum absolute atomic E-state index is 12.3. The van der Waals surface area contributed by atoms with Crippen molar-refractivity contribution in [3.05, 3.63) is 59.5 Å². The summed E-state index contributed by atoms with van der Waals surface area (Å²) in [5.41, 5.74) is 1.19. The van der Waals surface area contributed by atoms with E-state index in [4.69, 9.17) is 9.15 Å². The summed E-state index contributed by atoms with van der Waals surface area (Å²) in [6, 6.07) is 13.7. The molecule has 1 aromatic heterocycles. The predicted octanol–water partition coefficient (Wildman–Crippen LogP) is 3.41. The Morgan fingerprint density at radius 2 is 1.91 bits per heavy atom. The Morgan fingerprint density at radius 3 is 2.55 bits per heavy atom. The molecule has 2 heterocycles. The molecule has 4 nitrogen and oxygen atoms in total. The Labute approximate surface area is 130 Å². The van der Waals surface area contributed by atoms with Gasteiger partial charge in [0.1, 0.15) is 5.76 Å². The third-order valence-electron chi connectivity index (χ3n) is 4.01. The van der Waals surface area contributed by atoms with Crippen LogP contribution in [0.3, 0.4) is 0 Å². The largest absolute Gasteiger partial charge is 0.456 e. The fourth-order valence-electron chi connectivity index (χ4n) is 2.72. The van der Waals surface area contributed by atoms with Crippen LogP contribution < -0.4 is 0 Å². The summed E-state index contributed by atoms with van der Waals surface area (Å²) in [6.07, 6.45) is 1.97. The molecule has 0 aliphatic carbocycles. The molecule has 1 aliphatic rings. The fourth-order valence-corrected chi connectivity index (χ4v) is 2.72. The molecule has 1 aromatic carbocycles. The second kappa shape index (κ2) is 6.79. The van der Waals surface area contributed by atoms with Crippen LogP contribution in [0.5, 0.6) is 0 Å². The number of carbonyl (C=O) groups excluding carboxylic acids is 1. The molecule has 0 bridgehead atoms. The third-order valence-corrected chi connectivity index (χ3v) is 4.01. The number of carbonyl (C=O) groups is 1. The van der Waals surface area contributed by atoms with Crippen molar-refractivity contribution in [2.24, 2.45) is 0 Å². The Morgan fingerprint density at radius 1 is 1.18 bits per heavy atom. The number of benzene rings is 1. The minimum Gasteiger partial charge on any atom is -0.456 e. The monoisotopic (exact) mass is 299 g/mol. The van der Waals surface area contributed by atoms with Crippen molar-refractivity contribution < 1.29 is 13.9 Å². The van der Waals surface area contributed by atoms with Crippen LogP contribution in [0.2, 0.25) is 0 Å². The van der Waals surface area contributed by atoms with Crippen LogP contribution in [-0.2, 0) is 11.3 Å². The number of hydrogen-bond acceptors (Lipinski definition) is 3. The van der Waals surface area contributed by atoms with Gasteiger partial charge in [-0.25, -0.2) is 0 Å². The average Bonchev–Trinajstić information content (AvgIpc) is 3.00. The highest BCUT2D eigenvalue weighted by molar-refractivity contribution is 5.91. The van der Waals surface area contributed by atoms with Crippen molar-refractivity contribution in [1.82, 2.24) is 4.90 Å². The number of furan rings is 1. The van der Waals surface area contributed by atoms with Crippen LogP contribution in [0.25, 0.3) is 0 Å². The zero-order chi connectivity index (χ0) is 15.4. The van der Waals surface area contributed by atoms with Crippen LogP contribution in [0.4, 0.5) is 0 Å². The quantitative estimate of drug-likeness (QED) is 0.869. The normalized spacial score (nSPS) is 16.0. The first kappa shape index (κ1) is 14.9. The van der Waals surface area contributed by atoms with Gasteiger partial charge in [0, 0.05) is 13.1 Å². The zero-order valence-electron chi connectivity index (χ0n) is 12.8. The number of amides is 1. The highest BCUT2D eigenvalue weighted by Crippen LogP contribution is 2.18. The van der Waals surface area contributed by atoms with E-state index in [0.717, 1.165) is 31.7 Å². The fraction of sp³-hybridized carbons (Fsp3) is 0.389. The van der Waals surface area contributed by atoms with Crippen LogP contribution in [0.1, 0.15) is 34.7 Å². The number of nitrogens with zero attached hydrogens (tertiary/aromatic N) is 1. The SMILES string of the molecule is Cc1ccc(C(=O)N2CCC(OCc3ccccc3)CC2)o1. The molecule has 0 unspecified atom stereocenters. The molecule has 1 aliphatic heterocycles. The Bertz CT molecular complexity index is 612. The smallest absolute Gasteiger partial charge is 0.289 e. The molecule has 0 atom stereocenters. The summed E-state index contributed by atoms with van der Waals surface area (Å²) in [6.45, 7) is 3.92. The summed E-state index contributed by atoms with van der Waals surface area (Å²) >= 11 is 0. The van der Waals surface area contributed by atoms with Gasteiger partial charge in [-0.3, -0.25) is 4.79 Å². The molecule has 0 radical (unpaired) electrons. The first-order valence-corrected chi connectivity index (χ1v) is 7.73. The number of likely N-dealkylation sites (tertiary alicyclic amines) is 1. The minimum atomic E-state index is -0.0189. The molecule has 0 spiro atoms. The van der Waals surface area contributed by atoms with Gasteiger partial charge in [-0.15, -0.1) is 0 Å². The van der Waals surface area contributed by atoms with Gasteiger partial charge >= 0.3 is 0 Å². The maximum atomic E-state index is 12.3. The van der Waals surface area contributed by atoms with Crippen molar-refractivity contribution in [1.29, 1.82) is 0 Å². The molecular weight excluding hydrogens is 278 g/mol. The maximum Gasteiger partial charge on any atom is 0.289 e. The average molecular weight is 299 g/mol. The molecule has 3 rings (SSSR count). The minimum absolute atomic E-state index is 0.0189. The molecule has 4 heteroatoms. The molecule has 1 fully saturated rings. The summed E-state index contributed by atoms with van der Waals surface area (Å²) < 4.78 is 11.4. The lowest BCUT2D eigenvalue weighted by molar-refractivity contribution is -0.00106. The molecule has 0 saturated carbocycles. The standard InChI is InChI=1S/C18H21NO3/c1-14-7-8-17(22-14)18(20)19-11-9-16(10-12-19)21-13-15-5-3-2-4-6-15/h2-8,16H,9-13H2,1H3. The molecule has 0 N–H and O–H groups in total. The molecule has 1 amide bonds. The van der Waals surface area contributed by atoms with Crippen molar-refractivity contribution >= 4 is 5.91 Å². The van der Waals surface area contributed by atoms with Gasteiger partial charge in [0.05, 0.1) is 12.7 Å². The summed E-state index contributed by atoms with van der Waals surface area (Å²) in [5, 5.41) is 0. The van der Waals surface area contributed by atoms with Crippen LogP contribution >= 0.6 is 0 Å². The number of hydrogen-bond donors (Lipinski definition) is 0. The van der Waals surface area contributed by atoms with Gasteiger partial charge in [0.2, 0.25) is 0 Å². The van der Waals surface area contributed by atoms with E-state index in [2.05, 4.69) is 12.1 Å². The molecular formula is C18H21NO3. The van der Waals surface area contributed by atoms with Gasteiger partial charge in [-0.05, 0) is 37.5 Å². The van der Waals surface area contributed by atoms with E-state index in [9.17, 15) is 4.79 Å². The van der Waals surface area contributed by atoms with Crippen molar-refractivity contribution in [2.75, 3.05) is 13.1 Å². The second-order valence-corrected chi connectivity index (χ2v) is 5.70. The van der Waals surface area contributed by atoms with E-state index in [1.54, 1.807) is 6.07 Å². The Hall–Kier alpha value is -2.07. The lowest BCUT2D eigenvalue weighted by Gasteiger charge is -2.31. The molecule has 2 aromatic rings. The summed E-state index contributed by atoms with van der Waals surface area (Å²) in [4.78, 5) is 14.1. The van der Waals surface area contributed by atoms with E-state index in [-0.39, 0.29) is 12.0 Å². The lowest BCUT2D eigenvalue weighted by atomic mass is 10.1. The van der Waals surface area contributed by atoms with Gasteiger partial charge in [-0.1, -0.05) is 30.3 Å². The molecule has 116 valence electrons. The van der Waals surface area contributed by atoms with Gasteiger partial charge in [-0.2, -0.15) is 0 Å². The van der Waals surface area contributed by atoms with Gasteiger partial charge in [0.25, 0.3) is 5.91 Å². The van der Waals surface area contributed by atoms with Crippen molar-refractivity contribution in [2.45, 2.75) is 32.5 Å². The van der Waals surface area contributed by atoms with Crippen molar-refractivity contribution in [3.63, 3.8) is 0 Å². The first-order valence-electron chi connectivity index (χ1n) is 7.73. The van der Waals surface area contributed by atoms with E-state index in [1.807, 2.05) is 36.1 Å². The molecule has 22 heavy (non-hydrogen) atoms. The zero-order valence-corrected chi connectivity index (χ0v) is 12.8. The van der Waals surface area contributed by atoms with E-state index in [0.29, 0.717) is 12.4 Å². The highest BCUT2D eigenvalue weighted by Gasteiger charge is 2.25. The summed E-state index contributed by atoms with van der Waals surface area (Å²) in [7, 11) is 0. The Kier molecular flexibility index (Phi) is 4.59. The Balaban J connectivity index is 1.47. The number of aryl methyl sites for hydroxylation is 1. The van der Waals surface area contributed by atoms with Gasteiger partial charge in [0.15, 0.2) is 5.76 Å². The second-order valence-electron chi connectivity index (χ2n) is 5.70. The van der Waals surface area contributed by atoms with E-state index < -0.39 is 0 Å². The predicted molar refractivity (Wildman–Crippen MR) is 83.6 cm³/mol. The topological polar surface area (TPSA) is 42.7 Å². The van der Waals surface area contributed by atoms with Crippen LogP contribution in [0.15, 0.2) is 46.9 Å². The lowest BCUT2D eigenvalue weighted by Crippen LogP contribution is -2.40. The number of ether oxygens (including phenoxy) is 1. The number of piperidine rings is 1. The van der Waals surface area contributed by atoms with Crippen LogP contribution in [0, 0.1) is 6.92 Å². The van der Waals surface area contributed by atoms with Crippen LogP contribution in [-0.4, -0.2) is 30.0 Å². The summed E-state index contributed by atoms with van der Waals surface area (Å²) in [5.74, 6) is 1.18. The highest BCUT2D eigenvalue weighted by atomic mass is 16.5. The first-order chi connectivity index (χ1) is 10.7.